The molecule has 44 heavy (non-hydrogen) atoms. The van der Waals surface area contributed by atoms with Crippen molar-refractivity contribution in [2.45, 2.75) is 0 Å². The highest BCUT2D eigenvalue weighted by atomic mass is 16.2. The van der Waals surface area contributed by atoms with Gasteiger partial charge in [0.15, 0.2) is 0 Å². The van der Waals surface area contributed by atoms with Crippen molar-refractivity contribution in [1.29, 1.82) is 0 Å². The Morgan fingerprint density at radius 3 is 1.36 bits per heavy atom. The van der Waals surface area contributed by atoms with Crippen LogP contribution < -0.4 is 11.2 Å². The van der Waals surface area contributed by atoms with Crippen LogP contribution in [0, 0.1) is 0 Å². The summed E-state index contributed by atoms with van der Waals surface area (Å²) in [7, 11) is 0. The summed E-state index contributed by atoms with van der Waals surface area (Å²) in [5, 5.41) is 4.14. The van der Waals surface area contributed by atoms with Crippen LogP contribution in [0.4, 0.5) is 0 Å². The van der Waals surface area contributed by atoms with Gasteiger partial charge in [-0.25, -0.2) is 9.36 Å². The van der Waals surface area contributed by atoms with Crippen molar-refractivity contribution in [2.24, 2.45) is 0 Å². The number of hydrogen-bond donors (Lipinski definition) is 0. The third kappa shape index (κ3) is 4.08. The maximum Gasteiger partial charge on any atom is 0.340 e. The molecule has 4 heteroatoms. The van der Waals surface area contributed by atoms with Gasteiger partial charge in [0.05, 0.1) is 22.3 Å². The molecule has 0 saturated carbocycles. The van der Waals surface area contributed by atoms with Gasteiger partial charge in [-0.15, -0.1) is 0 Å². The molecule has 0 unspecified atom stereocenters. The molecule has 208 valence electrons. The van der Waals surface area contributed by atoms with Gasteiger partial charge in [-0.05, 0) is 62.7 Å². The van der Waals surface area contributed by atoms with E-state index in [-0.39, 0.29) is 5.56 Å². The van der Waals surface area contributed by atoms with Crippen molar-refractivity contribution in [1.82, 2.24) is 9.13 Å². The van der Waals surface area contributed by atoms with Crippen LogP contribution >= 0.6 is 0 Å². The van der Waals surface area contributed by atoms with Gasteiger partial charge in [0.1, 0.15) is 0 Å². The number of benzene rings is 7. The zero-order valence-electron chi connectivity index (χ0n) is 23.7. The molecule has 1 aromatic heterocycles. The molecule has 8 rings (SSSR count). The summed E-state index contributed by atoms with van der Waals surface area (Å²) >= 11 is 0. The lowest BCUT2D eigenvalue weighted by Crippen LogP contribution is -2.38. The fraction of sp³-hybridized carbons (Fsp3) is 0. The van der Waals surface area contributed by atoms with E-state index in [1.807, 2.05) is 140 Å². The van der Waals surface area contributed by atoms with Gasteiger partial charge in [0.2, 0.25) is 0 Å². The van der Waals surface area contributed by atoms with Gasteiger partial charge >= 0.3 is 5.69 Å². The van der Waals surface area contributed by atoms with Crippen LogP contribution in [0.1, 0.15) is 0 Å². The van der Waals surface area contributed by atoms with E-state index in [4.69, 9.17) is 0 Å². The monoisotopic (exact) mass is 566 g/mol. The molecule has 0 amide bonds. The Kier molecular flexibility index (Phi) is 6.05. The zero-order chi connectivity index (χ0) is 29.6. The van der Waals surface area contributed by atoms with Gasteiger partial charge in [-0.1, -0.05) is 133 Å². The highest BCUT2D eigenvalue weighted by Crippen LogP contribution is 2.34. The first kappa shape index (κ1) is 25.7. The lowest BCUT2D eigenvalue weighted by molar-refractivity contribution is 0.838. The number of hydrogen-bond acceptors (Lipinski definition) is 2. The molecule has 0 bridgehead atoms. The minimum absolute atomic E-state index is 0.340. The molecule has 0 fully saturated rings. The molecule has 0 aliphatic heterocycles. The lowest BCUT2D eigenvalue weighted by atomic mass is 9.97. The van der Waals surface area contributed by atoms with Crippen LogP contribution in [0.25, 0.3) is 66.1 Å². The fourth-order valence-corrected chi connectivity index (χ4v) is 6.34. The van der Waals surface area contributed by atoms with Gasteiger partial charge in [-0.3, -0.25) is 9.36 Å². The number of nitrogens with zero attached hydrogens (tertiary/aromatic N) is 2. The van der Waals surface area contributed by atoms with Crippen LogP contribution in [0.5, 0.6) is 0 Å². The summed E-state index contributed by atoms with van der Waals surface area (Å²) in [6.07, 6.45) is 0. The first-order valence-electron chi connectivity index (χ1n) is 14.6. The maximum atomic E-state index is 14.8. The van der Waals surface area contributed by atoms with Gasteiger partial charge in [-0.2, -0.15) is 0 Å². The maximum absolute atomic E-state index is 14.8. The normalized spacial score (nSPS) is 11.4. The Hall–Kier alpha value is -6.00. The van der Waals surface area contributed by atoms with Crippen molar-refractivity contribution in [3.05, 3.63) is 179 Å². The molecular formula is C40H26N2O2. The molecule has 4 nitrogen and oxygen atoms in total. The zero-order valence-corrected chi connectivity index (χ0v) is 23.7. The topological polar surface area (TPSA) is 44.0 Å². The second kappa shape index (κ2) is 10.4. The van der Waals surface area contributed by atoms with E-state index in [0.29, 0.717) is 22.3 Å². The molecule has 0 N–H and O–H groups in total. The van der Waals surface area contributed by atoms with E-state index in [1.165, 1.54) is 4.57 Å². The highest BCUT2D eigenvalue weighted by molar-refractivity contribution is 6.24. The number of rotatable bonds is 4. The largest absolute Gasteiger partial charge is 0.340 e. The number of fused-ring (bicyclic) bond motifs is 6. The van der Waals surface area contributed by atoms with Crippen molar-refractivity contribution in [3.8, 4) is 33.6 Å². The predicted molar refractivity (Wildman–Crippen MR) is 181 cm³/mol. The van der Waals surface area contributed by atoms with Crippen LogP contribution in [-0.4, -0.2) is 9.13 Å². The predicted octanol–water partition coefficient (Wildman–Crippen LogP) is 8.78. The minimum atomic E-state index is -0.418. The van der Waals surface area contributed by atoms with Gasteiger partial charge < -0.3 is 0 Å². The lowest BCUT2D eigenvalue weighted by Gasteiger charge is -2.19. The van der Waals surface area contributed by atoms with Gasteiger partial charge in [0.25, 0.3) is 5.56 Å². The SMILES string of the molecule is O=c1c2c3ccccc3c3ccccc3c2n(-c2cccc(-c3ccccc3)c2)c(=O)n1-c1cccc(-c2ccccc2)c1. The molecule has 0 atom stereocenters. The van der Waals surface area contributed by atoms with Crippen molar-refractivity contribution in [3.63, 3.8) is 0 Å². The Morgan fingerprint density at radius 1 is 0.364 bits per heavy atom. The molecule has 0 saturated heterocycles. The second-order valence-corrected chi connectivity index (χ2v) is 10.9. The summed E-state index contributed by atoms with van der Waals surface area (Å²) < 4.78 is 3.04. The standard InChI is InChI=1S/C40H26N2O2/c43-39-37-35-23-9-7-21-33(35)34-22-8-10-24-36(34)38(37)41(31-19-11-17-29(25-31)27-13-3-1-4-14-27)40(44)42(39)32-20-12-18-30(26-32)28-15-5-2-6-16-28/h1-26H. The molecule has 0 spiro atoms. The van der Waals surface area contributed by atoms with E-state index in [0.717, 1.165) is 43.8 Å². The molecule has 0 aliphatic rings. The summed E-state index contributed by atoms with van der Waals surface area (Å²) in [5.41, 5.74) is 5.03. The molecule has 1 heterocycles. The summed E-state index contributed by atoms with van der Waals surface area (Å²) in [4.78, 5) is 29.5. The van der Waals surface area contributed by atoms with Crippen LogP contribution in [-0.2, 0) is 0 Å². The van der Waals surface area contributed by atoms with Crippen LogP contribution in [0.3, 0.4) is 0 Å². The van der Waals surface area contributed by atoms with E-state index in [2.05, 4.69) is 18.2 Å². The first-order valence-corrected chi connectivity index (χ1v) is 14.6. The van der Waals surface area contributed by atoms with E-state index in [1.54, 1.807) is 4.57 Å². The van der Waals surface area contributed by atoms with E-state index < -0.39 is 5.69 Å². The Bertz CT molecular complexity index is 2480. The molecule has 7 aromatic carbocycles. The average Bonchev–Trinajstić information content (AvgIpc) is 3.09. The summed E-state index contributed by atoms with van der Waals surface area (Å²) in [5.74, 6) is 0. The molecule has 0 radical (unpaired) electrons. The molecular weight excluding hydrogens is 540 g/mol. The van der Waals surface area contributed by atoms with Crippen molar-refractivity contribution >= 4 is 32.4 Å². The van der Waals surface area contributed by atoms with Crippen LogP contribution in [0.2, 0.25) is 0 Å². The fourth-order valence-electron chi connectivity index (χ4n) is 6.34. The number of aromatic nitrogens is 2. The second-order valence-electron chi connectivity index (χ2n) is 10.9. The Balaban J connectivity index is 1.54. The molecule has 8 aromatic rings. The van der Waals surface area contributed by atoms with Crippen molar-refractivity contribution < 1.29 is 0 Å². The first-order chi connectivity index (χ1) is 21.7. The quantitative estimate of drug-likeness (QED) is 0.200. The third-order valence-corrected chi connectivity index (χ3v) is 8.35. The average molecular weight is 567 g/mol. The minimum Gasteiger partial charge on any atom is -0.268 e. The van der Waals surface area contributed by atoms with Gasteiger partial charge in [0, 0.05) is 5.39 Å². The Morgan fingerprint density at radius 2 is 0.795 bits per heavy atom. The highest BCUT2D eigenvalue weighted by Gasteiger charge is 2.21. The summed E-state index contributed by atoms with van der Waals surface area (Å²) in [6.45, 7) is 0. The van der Waals surface area contributed by atoms with Crippen molar-refractivity contribution in [2.75, 3.05) is 0 Å². The molecule has 0 aliphatic carbocycles. The summed E-state index contributed by atoms with van der Waals surface area (Å²) in [6, 6.07) is 51.6. The third-order valence-electron chi connectivity index (χ3n) is 8.35. The van der Waals surface area contributed by atoms with Crippen LogP contribution in [0.15, 0.2) is 167 Å². The Labute approximate surface area is 253 Å². The van der Waals surface area contributed by atoms with E-state index in [9.17, 15) is 9.59 Å². The smallest absolute Gasteiger partial charge is 0.268 e. The van der Waals surface area contributed by atoms with E-state index >= 15 is 0 Å².